The van der Waals surface area contributed by atoms with Crippen LogP contribution in [0.1, 0.15) is 37.5 Å². The third-order valence-electron chi connectivity index (χ3n) is 3.70. The first-order valence-electron chi connectivity index (χ1n) is 6.88. The van der Waals surface area contributed by atoms with Gasteiger partial charge in [0.1, 0.15) is 5.75 Å². The maximum Gasteiger partial charge on any atom is 0.139 e. The Hall–Kier alpha value is -0.970. The van der Waals surface area contributed by atoms with Crippen LogP contribution in [0.5, 0.6) is 5.75 Å². The second kappa shape index (κ2) is 6.66. The predicted octanol–water partition coefficient (Wildman–Crippen LogP) is 2.23. The minimum Gasteiger partial charge on any atom is -0.506 e. The number of halogens is 1. The lowest BCUT2D eigenvalue weighted by Gasteiger charge is -2.34. The summed E-state index contributed by atoms with van der Waals surface area (Å²) in [5.41, 5.74) is 2.84. The predicted molar refractivity (Wildman–Crippen MR) is 85.0 cm³/mol. The first kappa shape index (κ1) is 17.1. The molecule has 0 saturated heterocycles. The Kier molecular flexibility index (Phi) is 5.68. The molecular weight excluding hydrogens is 276 g/mol. The van der Waals surface area contributed by atoms with Crippen molar-refractivity contribution >= 4 is 18.1 Å². The van der Waals surface area contributed by atoms with E-state index in [0.717, 1.165) is 29.7 Å². The Bertz CT molecular complexity index is 463. The van der Waals surface area contributed by atoms with Gasteiger partial charge in [-0.2, -0.15) is 0 Å². The van der Waals surface area contributed by atoms with Crippen LogP contribution < -0.4 is 10.2 Å². The van der Waals surface area contributed by atoms with Crippen molar-refractivity contribution < 1.29 is 10.2 Å². The lowest BCUT2D eigenvalue weighted by molar-refractivity contribution is 0.110. The number of aromatic hydroxyl groups is 1. The molecule has 0 amide bonds. The lowest BCUT2D eigenvalue weighted by Crippen LogP contribution is -2.42. The number of phenols is 1. The van der Waals surface area contributed by atoms with Gasteiger partial charge in [0.25, 0.3) is 0 Å². The van der Waals surface area contributed by atoms with Crippen LogP contribution in [0.3, 0.4) is 0 Å². The van der Waals surface area contributed by atoms with E-state index in [1.807, 2.05) is 25.1 Å². The molecular formula is C15H25ClN2O2. The van der Waals surface area contributed by atoms with Crippen molar-refractivity contribution in [1.82, 2.24) is 5.32 Å². The fourth-order valence-corrected chi connectivity index (χ4v) is 2.96. The zero-order chi connectivity index (χ0) is 14.2. The van der Waals surface area contributed by atoms with E-state index < -0.39 is 6.10 Å². The maximum absolute atomic E-state index is 10.5. The van der Waals surface area contributed by atoms with Crippen molar-refractivity contribution in [1.29, 1.82) is 0 Å². The highest BCUT2D eigenvalue weighted by Gasteiger charge is 2.30. The number of aliphatic hydroxyl groups excluding tert-OH is 1. The second-order valence-corrected chi connectivity index (χ2v) is 5.81. The zero-order valence-corrected chi connectivity index (χ0v) is 13.4. The van der Waals surface area contributed by atoms with E-state index in [1.54, 1.807) is 6.07 Å². The lowest BCUT2D eigenvalue weighted by atomic mass is 9.84. The van der Waals surface area contributed by atoms with E-state index in [-0.39, 0.29) is 24.2 Å². The van der Waals surface area contributed by atoms with Gasteiger partial charge in [-0.1, -0.05) is 19.9 Å². The first-order chi connectivity index (χ1) is 8.91. The molecule has 0 fully saturated rings. The van der Waals surface area contributed by atoms with Crippen LogP contribution in [0.4, 0.5) is 5.69 Å². The molecule has 0 heterocycles. The van der Waals surface area contributed by atoms with Crippen LogP contribution in [0.25, 0.3) is 0 Å². The normalized spacial score (nSPS) is 21.3. The summed E-state index contributed by atoms with van der Waals surface area (Å²) in [6, 6.07) is 3.96. The Morgan fingerprint density at radius 2 is 1.95 bits per heavy atom. The number of nitrogens with one attached hydrogen (secondary N) is 1. The molecule has 2 rings (SSSR count). The molecule has 114 valence electrons. The van der Waals surface area contributed by atoms with E-state index in [2.05, 4.69) is 19.2 Å². The van der Waals surface area contributed by atoms with Gasteiger partial charge in [-0.15, -0.1) is 12.4 Å². The number of rotatable bonds is 3. The van der Waals surface area contributed by atoms with Gasteiger partial charge in [0, 0.05) is 26.2 Å². The van der Waals surface area contributed by atoms with Crippen molar-refractivity contribution in [3.05, 3.63) is 23.3 Å². The van der Waals surface area contributed by atoms with Gasteiger partial charge in [-0.25, -0.2) is 0 Å². The fourth-order valence-electron chi connectivity index (χ4n) is 2.96. The van der Waals surface area contributed by atoms with Crippen LogP contribution in [0.2, 0.25) is 0 Å². The van der Waals surface area contributed by atoms with E-state index in [1.165, 1.54) is 0 Å². The number of hydrogen-bond acceptors (Lipinski definition) is 4. The highest BCUT2D eigenvalue weighted by atomic mass is 35.5. The Balaban J connectivity index is 0.00000200. The second-order valence-electron chi connectivity index (χ2n) is 5.81. The summed E-state index contributed by atoms with van der Waals surface area (Å²) in [4.78, 5) is 1.91. The van der Waals surface area contributed by atoms with Gasteiger partial charge >= 0.3 is 0 Å². The first-order valence-corrected chi connectivity index (χ1v) is 6.88. The van der Waals surface area contributed by atoms with E-state index in [4.69, 9.17) is 0 Å². The molecule has 2 atom stereocenters. The van der Waals surface area contributed by atoms with Crippen LogP contribution in [-0.2, 0) is 6.42 Å². The van der Waals surface area contributed by atoms with Crippen molar-refractivity contribution in [3.63, 3.8) is 0 Å². The van der Waals surface area contributed by atoms with Crippen LogP contribution in [-0.4, -0.2) is 36.4 Å². The number of hydrogen-bond donors (Lipinski definition) is 3. The van der Waals surface area contributed by atoms with Crippen molar-refractivity contribution in [3.8, 4) is 5.75 Å². The van der Waals surface area contributed by atoms with Crippen molar-refractivity contribution in [2.45, 2.75) is 44.9 Å². The highest BCUT2D eigenvalue weighted by molar-refractivity contribution is 5.85. The van der Waals surface area contributed by atoms with Crippen LogP contribution in [0.15, 0.2) is 12.1 Å². The Morgan fingerprint density at radius 3 is 2.50 bits per heavy atom. The topological polar surface area (TPSA) is 55.7 Å². The zero-order valence-electron chi connectivity index (χ0n) is 12.6. The number of benzene rings is 1. The van der Waals surface area contributed by atoms with Crippen LogP contribution >= 0.6 is 12.4 Å². The van der Waals surface area contributed by atoms with Gasteiger partial charge in [-0.3, -0.25) is 0 Å². The smallest absolute Gasteiger partial charge is 0.139 e. The molecule has 3 N–H and O–H groups in total. The molecule has 4 nitrogen and oxygen atoms in total. The summed E-state index contributed by atoms with van der Waals surface area (Å²) in [7, 11) is 3.83. The Labute approximate surface area is 127 Å². The number of anilines is 1. The van der Waals surface area contributed by atoms with Gasteiger partial charge in [-0.05, 0) is 30.0 Å². The molecule has 1 aliphatic carbocycles. The molecule has 0 bridgehead atoms. The van der Waals surface area contributed by atoms with Gasteiger partial charge in [0.15, 0.2) is 0 Å². The molecule has 20 heavy (non-hydrogen) atoms. The molecule has 0 radical (unpaired) electrons. The fraction of sp³-hybridized carbons (Fsp3) is 0.600. The van der Waals surface area contributed by atoms with Crippen LogP contribution in [0, 0.1) is 0 Å². The van der Waals surface area contributed by atoms with Crippen molar-refractivity contribution in [2.24, 2.45) is 0 Å². The van der Waals surface area contributed by atoms with E-state index in [0.29, 0.717) is 6.04 Å². The summed E-state index contributed by atoms with van der Waals surface area (Å²) in [5, 5.41) is 23.9. The largest absolute Gasteiger partial charge is 0.506 e. The van der Waals surface area contributed by atoms with Crippen molar-refractivity contribution in [2.75, 3.05) is 19.0 Å². The monoisotopic (exact) mass is 300 g/mol. The summed E-state index contributed by atoms with van der Waals surface area (Å²) in [6.07, 6.45) is 1.25. The molecule has 1 aromatic carbocycles. The molecule has 5 heteroatoms. The van der Waals surface area contributed by atoms with E-state index in [9.17, 15) is 10.2 Å². The SMILES string of the molecule is CC(C)N[C@@H]1CCc2c(ccc(O)c2N(C)C)[C@H]1O.Cl. The maximum atomic E-state index is 10.5. The molecule has 1 aliphatic rings. The molecule has 0 unspecified atom stereocenters. The van der Waals surface area contributed by atoms with E-state index >= 15 is 0 Å². The number of aliphatic hydroxyl groups is 1. The van der Waals surface area contributed by atoms with Gasteiger partial charge in [0.05, 0.1) is 11.8 Å². The highest BCUT2D eigenvalue weighted by Crippen LogP contribution is 2.40. The molecule has 0 aliphatic heterocycles. The summed E-state index contributed by atoms with van der Waals surface area (Å²) >= 11 is 0. The quantitative estimate of drug-likeness (QED) is 0.801. The molecule has 1 aromatic rings. The standard InChI is InChI=1S/C15H24N2O2.ClH/c1-9(2)16-12-7-5-10-11(15(12)19)6-8-13(18)14(10)17(3)4;/h6,8-9,12,15-16,18-19H,5,7H2,1-4H3;1H/t12-,15-;/m1./s1. The summed E-state index contributed by atoms with van der Waals surface area (Å²) in [6.45, 7) is 4.18. The summed E-state index contributed by atoms with van der Waals surface area (Å²) < 4.78 is 0. The third kappa shape index (κ3) is 3.19. The average molecular weight is 301 g/mol. The number of nitrogens with zero attached hydrogens (tertiary/aromatic N) is 1. The van der Waals surface area contributed by atoms with Gasteiger partial charge in [0.2, 0.25) is 0 Å². The minimum absolute atomic E-state index is 0. The minimum atomic E-state index is -0.509. The average Bonchev–Trinajstić information content (AvgIpc) is 2.31. The molecule has 0 spiro atoms. The van der Waals surface area contributed by atoms with Gasteiger partial charge < -0.3 is 20.4 Å². The summed E-state index contributed by atoms with van der Waals surface area (Å²) in [5.74, 6) is 0.284. The molecule has 0 saturated carbocycles. The third-order valence-corrected chi connectivity index (χ3v) is 3.70. The number of phenolic OH excluding ortho intramolecular Hbond substituents is 1. The number of fused-ring (bicyclic) bond motifs is 1. The molecule has 0 aromatic heterocycles. The Morgan fingerprint density at radius 1 is 1.30 bits per heavy atom.